The second-order valence-electron chi connectivity index (χ2n) is 13.4. The van der Waals surface area contributed by atoms with Crippen molar-refractivity contribution in [2.24, 2.45) is 5.73 Å². The Bertz CT molecular complexity index is 899. The third kappa shape index (κ3) is 34.9. The van der Waals surface area contributed by atoms with Crippen molar-refractivity contribution in [3.8, 4) is 0 Å². The Labute approximate surface area is 304 Å². The van der Waals surface area contributed by atoms with Crippen LogP contribution in [0.2, 0.25) is 0 Å². The minimum absolute atomic E-state index is 0.0169. The number of esters is 1. The van der Waals surface area contributed by atoms with Crippen LogP contribution in [0.1, 0.15) is 174 Å². The monoisotopic (exact) mass is 732 g/mol. The van der Waals surface area contributed by atoms with Gasteiger partial charge >= 0.3 is 19.8 Å². The fourth-order valence-corrected chi connectivity index (χ4v) is 6.12. The van der Waals surface area contributed by atoms with E-state index in [1.54, 1.807) is 0 Å². The van der Waals surface area contributed by atoms with E-state index in [4.69, 9.17) is 29.4 Å². The normalized spacial score (nSPS) is 14.3. The number of carboxylic acid groups (broad SMARTS) is 1. The average molecular weight is 732 g/mol. The number of hydrogen-bond donors (Lipinski definition) is 3. The van der Waals surface area contributed by atoms with E-state index < -0.39 is 45.1 Å². The Kier molecular flexibility index (Phi) is 34.7. The molecule has 0 spiro atoms. The number of carbonyl (C=O) groups excluding carboxylic acids is 1. The molecule has 0 aromatic heterocycles. The van der Waals surface area contributed by atoms with Gasteiger partial charge in [-0.25, -0.2) is 4.57 Å². The number of ether oxygens (including phenoxy) is 2. The summed E-state index contributed by atoms with van der Waals surface area (Å²) in [5.74, 6) is -1.78. The van der Waals surface area contributed by atoms with Gasteiger partial charge < -0.3 is 25.2 Å². The maximum atomic E-state index is 12.6. The molecule has 3 unspecified atom stereocenters. The molecule has 50 heavy (non-hydrogen) atoms. The second-order valence-corrected chi connectivity index (χ2v) is 14.9. The lowest BCUT2D eigenvalue weighted by Crippen LogP contribution is -2.34. The van der Waals surface area contributed by atoms with Crippen LogP contribution in [0.5, 0.6) is 0 Å². The highest BCUT2D eigenvalue weighted by molar-refractivity contribution is 7.47. The van der Waals surface area contributed by atoms with Crippen LogP contribution >= 0.6 is 7.82 Å². The van der Waals surface area contributed by atoms with Gasteiger partial charge in [0, 0.05) is 13.0 Å². The molecule has 10 nitrogen and oxygen atoms in total. The molecule has 0 aliphatic rings. The Hall–Kier alpha value is -1.55. The molecule has 0 amide bonds. The lowest BCUT2D eigenvalue weighted by molar-refractivity contribution is -0.154. The van der Waals surface area contributed by atoms with E-state index in [1.165, 1.54) is 96.3 Å². The number of carboxylic acids is 1. The van der Waals surface area contributed by atoms with Crippen LogP contribution in [-0.2, 0) is 32.7 Å². The zero-order chi connectivity index (χ0) is 37.0. The van der Waals surface area contributed by atoms with Crippen molar-refractivity contribution in [3.63, 3.8) is 0 Å². The maximum absolute atomic E-state index is 12.6. The largest absolute Gasteiger partial charge is 0.480 e. The van der Waals surface area contributed by atoms with Crippen LogP contribution < -0.4 is 5.73 Å². The summed E-state index contributed by atoms with van der Waals surface area (Å²) in [6, 6.07) is -1.47. The maximum Gasteiger partial charge on any atom is 0.472 e. The standard InChI is InChI=1S/C39H74NO9P/c1-3-5-7-9-11-13-15-16-17-18-19-20-21-23-25-27-29-31-38(41)49-36(34-47-50(44,45)48-35-37(40)39(42)43)33-46-32-30-28-26-24-22-14-12-10-8-6-4-2/h11,13,16-17,36-37H,3-10,12,14-15,18-35,40H2,1-2H3,(H,42,43)(H,44,45)/b13-11-,17-16-. The topological polar surface area (TPSA) is 155 Å². The molecule has 0 saturated carbocycles. The quantitative estimate of drug-likeness (QED) is 0.0242. The lowest BCUT2D eigenvalue weighted by Gasteiger charge is -2.20. The number of allylic oxidation sites excluding steroid dienone is 4. The first-order chi connectivity index (χ1) is 24.2. The Morgan fingerprint density at radius 1 is 0.640 bits per heavy atom. The number of aliphatic carboxylic acids is 1. The SMILES string of the molecule is CCCCC/C=C\C/C=C\CCCCCCCCCC(=O)OC(COCCCCCCCCCCCCC)COP(=O)(O)OCC(N)C(=O)O. The Morgan fingerprint density at radius 2 is 1.10 bits per heavy atom. The molecule has 0 aromatic rings. The molecule has 0 radical (unpaired) electrons. The van der Waals surface area contributed by atoms with Crippen LogP contribution in [0.3, 0.4) is 0 Å². The first kappa shape index (κ1) is 48.5. The number of carbonyl (C=O) groups is 2. The number of phosphoric acid groups is 1. The van der Waals surface area contributed by atoms with Crippen molar-refractivity contribution < 1.29 is 42.7 Å². The van der Waals surface area contributed by atoms with E-state index in [1.807, 2.05) is 0 Å². The third-order valence-electron chi connectivity index (χ3n) is 8.48. The second kappa shape index (κ2) is 35.8. The number of phosphoric ester groups is 1. The molecule has 4 N–H and O–H groups in total. The van der Waals surface area contributed by atoms with Gasteiger partial charge in [-0.15, -0.1) is 0 Å². The molecular formula is C39H74NO9P. The minimum atomic E-state index is -4.61. The molecule has 0 rings (SSSR count). The van der Waals surface area contributed by atoms with E-state index in [0.717, 1.165) is 51.4 Å². The van der Waals surface area contributed by atoms with Crippen LogP contribution in [-0.4, -0.2) is 60.5 Å². The van der Waals surface area contributed by atoms with Gasteiger partial charge in [0.05, 0.1) is 19.8 Å². The van der Waals surface area contributed by atoms with E-state index in [2.05, 4.69) is 38.2 Å². The van der Waals surface area contributed by atoms with Crippen LogP contribution in [0, 0.1) is 0 Å². The van der Waals surface area contributed by atoms with Gasteiger partial charge in [0.25, 0.3) is 0 Å². The van der Waals surface area contributed by atoms with Crippen molar-refractivity contribution in [3.05, 3.63) is 24.3 Å². The summed E-state index contributed by atoms with van der Waals surface area (Å²) in [6.45, 7) is 3.84. The van der Waals surface area contributed by atoms with Gasteiger partial charge in [-0.05, 0) is 44.9 Å². The van der Waals surface area contributed by atoms with Crippen LogP contribution in [0.25, 0.3) is 0 Å². The molecule has 3 atom stereocenters. The average Bonchev–Trinajstić information content (AvgIpc) is 3.09. The first-order valence-electron chi connectivity index (χ1n) is 19.9. The van der Waals surface area contributed by atoms with Gasteiger partial charge in [-0.2, -0.15) is 0 Å². The summed E-state index contributed by atoms with van der Waals surface area (Å²) in [5, 5.41) is 8.87. The summed E-state index contributed by atoms with van der Waals surface area (Å²) in [6.07, 6.45) is 36.5. The van der Waals surface area contributed by atoms with E-state index >= 15 is 0 Å². The lowest BCUT2D eigenvalue weighted by atomic mass is 10.1. The predicted octanol–water partition coefficient (Wildman–Crippen LogP) is 10.4. The molecule has 294 valence electrons. The van der Waals surface area contributed by atoms with Gasteiger partial charge in [-0.3, -0.25) is 18.6 Å². The van der Waals surface area contributed by atoms with Crippen molar-refractivity contribution >= 4 is 19.8 Å². The zero-order valence-corrected chi connectivity index (χ0v) is 32.6. The molecular weight excluding hydrogens is 657 g/mol. The number of nitrogens with two attached hydrogens (primary N) is 1. The fraction of sp³-hybridized carbons (Fsp3) is 0.846. The van der Waals surface area contributed by atoms with Gasteiger partial charge in [0.15, 0.2) is 0 Å². The van der Waals surface area contributed by atoms with E-state index in [9.17, 15) is 19.0 Å². The number of hydrogen-bond acceptors (Lipinski definition) is 8. The molecule has 0 heterocycles. The summed E-state index contributed by atoms with van der Waals surface area (Å²) in [7, 11) is -4.61. The molecule has 0 fully saturated rings. The zero-order valence-electron chi connectivity index (χ0n) is 31.7. The summed E-state index contributed by atoms with van der Waals surface area (Å²) < 4.78 is 33.2. The summed E-state index contributed by atoms with van der Waals surface area (Å²) in [4.78, 5) is 33.4. The highest BCUT2D eigenvalue weighted by Gasteiger charge is 2.27. The van der Waals surface area contributed by atoms with Gasteiger partial charge in [-0.1, -0.05) is 147 Å². The number of rotatable bonds is 38. The van der Waals surface area contributed by atoms with Crippen molar-refractivity contribution in [1.29, 1.82) is 0 Å². The predicted molar refractivity (Wildman–Crippen MR) is 203 cm³/mol. The molecule has 0 aromatic carbocycles. The minimum Gasteiger partial charge on any atom is -0.480 e. The number of unbranched alkanes of at least 4 members (excludes halogenated alkanes) is 20. The van der Waals surface area contributed by atoms with E-state index in [0.29, 0.717) is 13.0 Å². The highest BCUT2D eigenvalue weighted by atomic mass is 31.2. The summed E-state index contributed by atoms with van der Waals surface area (Å²) in [5.41, 5.74) is 5.34. The van der Waals surface area contributed by atoms with Crippen molar-refractivity contribution in [2.45, 2.75) is 187 Å². The molecule has 11 heteroatoms. The molecule has 0 aliphatic carbocycles. The highest BCUT2D eigenvalue weighted by Crippen LogP contribution is 2.43. The first-order valence-corrected chi connectivity index (χ1v) is 21.4. The molecule has 0 bridgehead atoms. The van der Waals surface area contributed by atoms with Crippen LogP contribution in [0.15, 0.2) is 24.3 Å². The van der Waals surface area contributed by atoms with Crippen molar-refractivity contribution in [2.75, 3.05) is 26.4 Å². The Morgan fingerprint density at radius 3 is 1.66 bits per heavy atom. The van der Waals surface area contributed by atoms with Gasteiger partial charge in [0.2, 0.25) is 0 Å². The smallest absolute Gasteiger partial charge is 0.472 e. The Balaban J connectivity index is 4.27. The fourth-order valence-electron chi connectivity index (χ4n) is 5.34. The third-order valence-corrected chi connectivity index (χ3v) is 9.43. The molecule has 0 saturated heterocycles. The van der Waals surface area contributed by atoms with Crippen LogP contribution in [0.4, 0.5) is 0 Å². The van der Waals surface area contributed by atoms with Crippen molar-refractivity contribution in [1.82, 2.24) is 0 Å². The van der Waals surface area contributed by atoms with E-state index in [-0.39, 0.29) is 13.0 Å². The molecule has 0 aliphatic heterocycles. The van der Waals surface area contributed by atoms with Gasteiger partial charge in [0.1, 0.15) is 12.1 Å². The summed E-state index contributed by atoms with van der Waals surface area (Å²) >= 11 is 0.